The highest BCUT2D eigenvalue weighted by Crippen LogP contribution is 2.11. The monoisotopic (exact) mass is 297 g/mol. The molecule has 0 saturated heterocycles. The quantitative estimate of drug-likeness (QED) is 0.399. The molecule has 0 fully saturated rings. The molecular weight excluding hydrogens is 278 g/mol. The van der Waals surface area contributed by atoms with Gasteiger partial charge in [-0.3, -0.25) is 0 Å². The van der Waals surface area contributed by atoms with Crippen molar-refractivity contribution in [1.29, 1.82) is 0 Å². The molecule has 0 aliphatic rings. The molecule has 5 N–H and O–H groups in total. The number of nitrogens with zero attached hydrogens (tertiary/aromatic N) is 2. The normalized spacial score (nSPS) is 12.2. The average molecular weight is 297 g/mol. The number of hydrogen-bond acceptors (Lipinski definition) is 4. The molecule has 0 radical (unpaired) electrons. The zero-order chi connectivity index (χ0) is 15.2. The summed E-state index contributed by atoms with van der Waals surface area (Å²) >= 11 is 0. The molecule has 0 heterocycles. The second kappa shape index (κ2) is 7.01. The van der Waals surface area contributed by atoms with Crippen molar-refractivity contribution >= 4 is 21.7 Å². The number of hydrogen-bond donors (Lipinski definition) is 3. The summed E-state index contributed by atoms with van der Waals surface area (Å²) in [5.41, 5.74) is 11.7. The van der Waals surface area contributed by atoms with Gasteiger partial charge in [0, 0.05) is 6.54 Å². The fraction of sp³-hybridized carbons (Fsp3) is 0.333. The number of sulfonamides is 1. The summed E-state index contributed by atoms with van der Waals surface area (Å²) in [7, 11) is -3.45. The van der Waals surface area contributed by atoms with Gasteiger partial charge in [0.15, 0.2) is 0 Å². The van der Waals surface area contributed by atoms with E-state index in [-0.39, 0.29) is 10.9 Å². The number of benzene rings is 1. The van der Waals surface area contributed by atoms with Gasteiger partial charge in [0.2, 0.25) is 16.0 Å². The maximum atomic E-state index is 11.9. The Morgan fingerprint density at radius 2 is 1.80 bits per heavy atom. The topological polar surface area (TPSA) is 123 Å². The molecule has 1 rings (SSSR count). The Labute approximate surface area is 118 Å². The Kier molecular flexibility index (Phi) is 5.66. The Morgan fingerprint density at radius 1 is 1.20 bits per heavy atom. The molecular formula is C12H19N5O2S. The van der Waals surface area contributed by atoms with Crippen molar-refractivity contribution in [1.82, 2.24) is 4.72 Å². The third-order valence-electron chi connectivity index (χ3n) is 2.44. The van der Waals surface area contributed by atoms with E-state index in [0.29, 0.717) is 12.3 Å². The summed E-state index contributed by atoms with van der Waals surface area (Å²) in [5.74, 6) is -0.132. The predicted octanol–water partition coefficient (Wildman–Crippen LogP) is 0.372. The minimum absolute atomic E-state index is 0.132. The average Bonchev–Trinajstić information content (AvgIpc) is 2.42. The van der Waals surface area contributed by atoms with Crippen molar-refractivity contribution in [2.45, 2.75) is 25.2 Å². The molecule has 0 saturated carbocycles. The minimum atomic E-state index is -3.45. The van der Waals surface area contributed by atoms with Crippen molar-refractivity contribution in [2.75, 3.05) is 6.54 Å². The van der Waals surface area contributed by atoms with Crippen molar-refractivity contribution < 1.29 is 8.42 Å². The molecule has 0 aromatic heterocycles. The van der Waals surface area contributed by atoms with Crippen LogP contribution in [0.3, 0.4) is 0 Å². The summed E-state index contributed by atoms with van der Waals surface area (Å²) in [5, 5.41) is 7.37. The van der Waals surface area contributed by atoms with Gasteiger partial charge in [-0.15, -0.1) is 5.10 Å². The maximum absolute atomic E-state index is 11.9. The van der Waals surface area contributed by atoms with Gasteiger partial charge in [0.05, 0.1) is 10.6 Å². The summed E-state index contributed by atoms with van der Waals surface area (Å²) in [6, 6.07) is 6.34. The van der Waals surface area contributed by atoms with Crippen LogP contribution in [0, 0.1) is 0 Å². The Morgan fingerprint density at radius 3 is 2.30 bits per heavy atom. The number of rotatable bonds is 6. The van der Waals surface area contributed by atoms with Crippen LogP contribution in [0.1, 0.15) is 25.8 Å². The molecule has 7 nitrogen and oxygen atoms in total. The maximum Gasteiger partial charge on any atom is 0.240 e. The van der Waals surface area contributed by atoms with E-state index in [0.717, 1.165) is 12.0 Å². The van der Waals surface area contributed by atoms with E-state index in [9.17, 15) is 8.42 Å². The molecule has 20 heavy (non-hydrogen) atoms. The lowest BCUT2D eigenvalue weighted by atomic mass is 10.1. The van der Waals surface area contributed by atoms with Gasteiger partial charge < -0.3 is 11.5 Å². The van der Waals surface area contributed by atoms with Gasteiger partial charge in [-0.1, -0.05) is 19.1 Å². The second-order valence-electron chi connectivity index (χ2n) is 4.13. The molecule has 0 aliphatic carbocycles. The smallest absolute Gasteiger partial charge is 0.240 e. The lowest BCUT2D eigenvalue weighted by Gasteiger charge is -2.06. The van der Waals surface area contributed by atoms with Gasteiger partial charge in [-0.2, -0.15) is 5.10 Å². The SMILES string of the molecule is CCCNS(=O)(=O)c1ccc(/C(C)=N\N=C(N)N)cc1. The largest absolute Gasteiger partial charge is 0.369 e. The Hall–Kier alpha value is -1.93. The van der Waals surface area contributed by atoms with E-state index in [1.54, 1.807) is 19.1 Å². The van der Waals surface area contributed by atoms with Crippen LogP contribution >= 0.6 is 0 Å². The molecule has 110 valence electrons. The molecule has 0 bridgehead atoms. The summed E-state index contributed by atoms with van der Waals surface area (Å²) in [6.45, 7) is 4.04. The minimum Gasteiger partial charge on any atom is -0.369 e. The van der Waals surface area contributed by atoms with Crippen LogP contribution in [0.2, 0.25) is 0 Å². The van der Waals surface area contributed by atoms with E-state index in [1.807, 2.05) is 6.92 Å². The zero-order valence-corrected chi connectivity index (χ0v) is 12.3. The van der Waals surface area contributed by atoms with Gasteiger partial charge in [0.1, 0.15) is 0 Å². The predicted molar refractivity (Wildman–Crippen MR) is 79.9 cm³/mol. The lowest BCUT2D eigenvalue weighted by molar-refractivity contribution is 0.581. The fourth-order valence-corrected chi connectivity index (χ4v) is 2.52. The van der Waals surface area contributed by atoms with Gasteiger partial charge in [-0.25, -0.2) is 13.1 Å². The summed E-state index contributed by atoms with van der Waals surface area (Å²) < 4.78 is 26.3. The number of guanidine groups is 1. The third kappa shape index (κ3) is 4.63. The van der Waals surface area contributed by atoms with Crippen molar-refractivity contribution in [2.24, 2.45) is 21.7 Å². The van der Waals surface area contributed by atoms with E-state index in [2.05, 4.69) is 14.9 Å². The first-order valence-corrected chi connectivity index (χ1v) is 7.58. The molecule has 1 aromatic rings. The van der Waals surface area contributed by atoms with Gasteiger partial charge in [0.25, 0.3) is 0 Å². The van der Waals surface area contributed by atoms with E-state index in [1.165, 1.54) is 12.1 Å². The second-order valence-corrected chi connectivity index (χ2v) is 5.90. The molecule has 0 aliphatic heterocycles. The third-order valence-corrected chi connectivity index (χ3v) is 3.92. The highest BCUT2D eigenvalue weighted by atomic mass is 32.2. The van der Waals surface area contributed by atoms with Crippen LogP contribution in [0.5, 0.6) is 0 Å². The first-order valence-electron chi connectivity index (χ1n) is 6.10. The van der Waals surface area contributed by atoms with Crippen LogP contribution in [0.4, 0.5) is 0 Å². The van der Waals surface area contributed by atoms with Crippen LogP contribution in [0.15, 0.2) is 39.4 Å². The Balaban J connectivity index is 2.94. The van der Waals surface area contributed by atoms with Crippen LogP contribution in [-0.2, 0) is 10.0 Å². The summed E-state index contributed by atoms with van der Waals surface area (Å²) in [6.07, 6.45) is 0.738. The van der Waals surface area contributed by atoms with Crippen LogP contribution in [0.25, 0.3) is 0 Å². The van der Waals surface area contributed by atoms with E-state index >= 15 is 0 Å². The van der Waals surface area contributed by atoms with E-state index in [4.69, 9.17) is 11.5 Å². The molecule has 0 spiro atoms. The zero-order valence-electron chi connectivity index (χ0n) is 11.5. The van der Waals surface area contributed by atoms with Crippen molar-refractivity contribution in [3.63, 3.8) is 0 Å². The van der Waals surface area contributed by atoms with Crippen molar-refractivity contribution in [3.05, 3.63) is 29.8 Å². The Bertz CT molecular complexity index is 601. The first-order chi connectivity index (χ1) is 9.36. The lowest BCUT2D eigenvalue weighted by Crippen LogP contribution is -2.24. The highest BCUT2D eigenvalue weighted by Gasteiger charge is 2.12. The van der Waals surface area contributed by atoms with Crippen molar-refractivity contribution in [3.8, 4) is 0 Å². The number of nitrogens with two attached hydrogens (primary N) is 2. The molecule has 0 unspecified atom stereocenters. The number of nitrogens with one attached hydrogen (secondary N) is 1. The first kappa shape index (κ1) is 16.1. The van der Waals surface area contributed by atoms with Crippen LogP contribution in [-0.4, -0.2) is 26.6 Å². The van der Waals surface area contributed by atoms with Gasteiger partial charge in [-0.05, 0) is 31.0 Å². The summed E-state index contributed by atoms with van der Waals surface area (Å²) in [4.78, 5) is 0.212. The fourth-order valence-electron chi connectivity index (χ4n) is 1.39. The molecule has 1 aromatic carbocycles. The molecule has 0 amide bonds. The van der Waals surface area contributed by atoms with E-state index < -0.39 is 10.0 Å². The standard InChI is InChI=1S/C12H19N5O2S/c1-3-8-15-20(18,19)11-6-4-10(5-7-11)9(2)16-17-12(13)14/h4-7,15H,3,8H2,1-2H3,(H4,13,14,17)/b16-9-. The molecule has 0 atom stereocenters. The van der Waals surface area contributed by atoms with Gasteiger partial charge >= 0.3 is 0 Å². The van der Waals surface area contributed by atoms with Crippen LogP contribution < -0.4 is 16.2 Å². The highest BCUT2D eigenvalue weighted by molar-refractivity contribution is 7.89. The molecule has 8 heteroatoms.